The van der Waals surface area contributed by atoms with Gasteiger partial charge in [-0.25, -0.2) is 13.1 Å². The van der Waals surface area contributed by atoms with E-state index in [4.69, 9.17) is 9.47 Å². The molecule has 0 radical (unpaired) electrons. The lowest BCUT2D eigenvalue weighted by molar-refractivity contribution is 0.323. The number of sulfonamides is 1. The Morgan fingerprint density at radius 1 is 0.880 bits per heavy atom. The van der Waals surface area contributed by atoms with Crippen LogP contribution in [0.3, 0.4) is 0 Å². The summed E-state index contributed by atoms with van der Waals surface area (Å²) in [5.41, 5.74) is 0. The highest BCUT2D eigenvalue weighted by Gasteiger charge is 2.18. The minimum atomic E-state index is -3.65. The van der Waals surface area contributed by atoms with Crippen molar-refractivity contribution in [2.45, 2.75) is 4.90 Å². The molecule has 0 unspecified atom stereocenters. The maximum absolute atomic E-state index is 12.6. The minimum Gasteiger partial charge on any atom is -0.496 e. The zero-order valence-corrected chi connectivity index (χ0v) is 14.6. The van der Waals surface area contributed by atoms with Crippen LogP contribution in [-0.2, 0) is 10.0 Å². The lowest BCUT2D eigenvalue weighted by Crippen LogP contribution is -2.28. The molecule has 0 aromatic heterocycles. The topological polar surface area (TPSA) is 64.6 Å². The fraction of sp³-hybridized carbons (Fsp3) is 0.158. The molecular weight excluding hydrogens is 338 g/mol. The van der Waals surface area contributed by atoms with Gasteiger partial charge in [0.2, 0.25) is 10.0 Å². The van der Waals surface area contributed by atoms with E-state index in [9.17, 15) is 8.42 Å². The Morgan fingerprint density at radius 2 is 1.56 bits per heavy atom. The lowest BCUT2D eigenvalue weighted by atomic mass is 10.1. The van der Waals surface area contributed by atoms with E-state index in [0.29, 0.717) is 16.9 Å². The van der Waals surface area contributed by atoms with Crippen molar-refractivity contribution in [2.24, 2.45) is 0 Å². The van der Waals surface area contributed by atoms with Gasteiger partial charge < -0.3 is 9.47 Å². The highest BCUT2D eigenvalue weighted by atomic mass is 32.2. The van der Waals surface area contributed by atoms with Crippen molar-refractivity contribution in [2.75, 3.05) is 20.3 Å². The molecule has 6 heteroatoms. The smallest absolute Gasteiger partial charge is 0.241 e. The van der Waals surface area contributed by atoms with Crippen molar-refractivity contribution in [3.05, 3.63) is 66.7 Å². The first kappa shape index (κ1) is 17.3. The van der Waals surface area contributed by atoms with Gasteiger partial charge in [-0.15, -0.1) is 0 Å². The number of rotatable bonds is 7. The highest BCUT2D eigenvalue weighted by Crippen LogP contribution is 2.30. The van der Waals surface area contributed by atoms with E-state index < -0.39 is 10.0 Å². The summed E-state index contributed by atoms with van der Waals surface area (Å²) in [4.78, 5) is 0.226. The van der Waals surface area contributed by atoms with Gasteiger partial charge in [0.15, 0.2) is 0 Å². The number of benzene rings is 3. The van der Waals surface area contributed by atoms with Crippen LogP contribution in [0, 0.1) is 0 Å². The normalized spacial score (nSPS) is 11.4. The van der Waals surface area contributed by atoms with Crippen molar-refractivity contribution < 1.29 is 17.9 Å². The summed E-state index contributed by atoms with van der Waals surface area (Å²) < 4.78 is 38.7. The molecule has 3 aromatic carbocycles. The second-order valence-electron chi connectivity index (χ2n) is 5.37. The van der Waals surface area contributed by atoms with E-state index in [2.05, 4.69) is 4.72 Å². The van der Waals surface area contributed by atoms with Gasteiger partial charge in [-0.3, -0.25) is 0 Å². The van der Waals surface area contributed by atoms with E-state index in [-0.39, 0.29) is 18.0 Å². The number of fused-ring (bicyclic) bond motifs is 1. The fourth-order valence-electron chi connectivity index (χ4n) is 2.60. The molecule has 0 heterocycles. The standard InChI is InChI=1S/C19H19NO4S/c1-23-18-11-12-19(17-10-6-5-9-16(17)18)25(21,22)20-13-14-24-15-7-3-2-4-8-15/h2-12,20H,13-14H2,1H3. The van der Waals surface area contributed by atoms with Crippen molar-refractivity contribution in [3.63, 3.8) is 0 Å². The maximum atomic E-state index is 12.6. The quantitative estimate of drug-likeness (QED) is 0.660. The molecule has 3 rings (SSSR count). The molecule has 0 aliphatic heterocycles. The second-order valence-corrected chi connectivity index (χ2v) is 7.11. The van der Waals surface area contributed by atoms with E-state index in [1.165, 1.54) is 0 Å². The van der Waals surface area contributed by atoms with Gasteiger partial charge in [-0.1, -0.05) is 42.5 Å². The van der Waals surface area contributed by atoms with Crippen LogP contribution in [0.25, 0.3) is 10.8 Å². The third-order valence-corrected chi connectivity index (χ3v) is 5.28. The fourth-order valence-corrected chi connectivity index (χ4v) is 3.82. The first-order chi connectivity index (χ1) is 12.1. The summed E-state index contributed by atoms with van der Waals surface area (Å²) in [6.07, 6.45) is 0. The molecule has 5 nitrogen and oxygen atoms in total. The molecule has 0 bridgehead atoms. The number of hydrogen-bond acceptors (Lipinski definition) is 4. The van der Waals surface area contributed by atoms with E-state index >= 15 is 0 Å². The number of nitrogens with one attached hydrogen (secondary N) is 1. The first-order valence-electron chi connectivity index (χ1n) is 7.85. The SMILES string of the molecule is COc1ccc(S(=O)(=O)NCCOc2ccccc2)c2ccccc12. The van der Waals surface area contributed by atoms with Gasteiger partial charge in [0, 0.05) is 17.3 Å². The van der Waals surface area contributed by atoms with Gasteiger partial charge in [-0.2, -0.15) is 0 Å². The lowest BCUT2D eigenvalue weighted by Gasteiger charge is -2.12. The van der Waals surface area contributed by atoms with Crippen molar-refractivity contribution in [3.8, 4) is 11.5 Å². The molecule has 0 atom stereocenters. The van der Waals surface area contributed by atoms with Crippen LogP contribution in [0.4, 0.5) is 0 Å². The van der Waals surface area contributed by atoms with Gasteiger partial charge in [0.25, 0.3) is 0 Å². The molecule has 0 spiro atoms. The Bertz CT molecular complexity index is 956. The van der Waals surface area contributed by atoms with Crippen molar-refractivity contribution >= 4 is 20.8 Å². The van der Waals surface area contributed by atoms with E-state index in [1.54, 1.807) is 31.4 Å². The molecule has 0 aliphatic carbocycles. The molecule has 0 saturated heterocycles. The third kappa shape index (κ3) is 3.92. The summed E-state index contributed by atoms with van der Waals surface area (Å²) in [5, 5.41) is 1.38. The van der Waals surface area contributed by atoms with Gasteiger partial charge >= 0.3 is 0 Å². The molecular formula is C19H19NO4S. The summed E-state index contributed by atoms with van der Waals surface area (Å²) in [6.45, 7) is 0.426. The van der Waals surface area contributed by atoms with Gasteiger partial charge in [0.1, 0.15) is 18.1 Å². The first-order valence-corrected chi connectivity index (χ1v) is 9.33. The highest BCUT2D eigenvalue weighted by molar-refractivity contribution is 7.89. The largest absolute Gasteiger partial charge is 0.496 e. The predicted molar refractivity (Wildman–Crippen MR) is 97.6 cm³/mol. The van der Waals surface area contributed by atoms with Crippen molar-refractivity contribution in [1.82, 2.24) is 4.72 Å². The predicted octanol–water partition coefficient (Wildman–Crippen LogP) is 3.21. The zero-order valence-electron chi connectivity index (χ0n) is 13.8. The van der Waals surface area contributed by atoms with Gasteiger partial charge in [-0.05, 0) is 24.3 Å². The maximum Gasteiger partial charge on any atom is 0.241 e. The molecule has 0 saturated carbocycles. The number of ether oxygens (including phenoxy) is 2. The van der Waals surface area contributed by atoms with Crippen LogP contribution in [0.1, 0.15) is 0 Å². The van der Waals surface area contributed by atoms with Crippen molar-refractivity contribution in [1.29, 1.82) is 0 Å². The van der Waals surface area contributed by atoms with Crippen LogP contribution in [0.15, 0.2) is 71.6 Å². The van der Waals surface area contributed by atoms with Crippen LogP contribution in [0.5, 0.6) is 11.5 Å². The minimum absolute atomic E-state index is 0.178. The number of hydrogen-bond donors (Lipinski definition) is 1. The van der Waals surface area contributed by atoms with Crippen LogP contribution < -0.4 is 14.2 Å². The number of para-hydroxylation sites is 1. The Morgan fingerprint density at radius 3 is 2.28 bits per heavy atom. The van der Waals surface area contributed by atoms with E-state index in [0.717, 1.165) is 5.39 Å². The summed E-state index contributed by atoms with van der Waals surface area (Å²) >= 11 is 0. The molecule has 0 aliphatic rings. The van der Waals surface area contributed by atoms with Gasteiger partial charge in [0.05, 0.1) is 12.0 Å². The molecule has 3 aromatic rings. The summed E-state index contributed by atoms with van der Waals surface area (Å²) in [5.74, 6) is 1.35. The van der Waals surface area contributed by atoms with Crippen LogP contribution in [-0.4, -0.2) is 28.7 Å². The molecule has 130 valence electrons. The average Bonchev–Trinajstić information content (AvgIpc) is 2.65. The zero-order chi connectivity index (χ0) is 17.7. The molecule has 0 fully saturated rings. The summed E-state index contributed by atoms with van der Waals surface area (Å²) in [7, 11) is -2.09. The average molecular weight is 357 g/mol. The second kappa shape index (κ2) is 7.55. The van der Waals surface area contributed by atoms with Crippen LogP contribution in [0.2, 0.25) is 0 Å². The monoisotopic (exact) mass is 357 g/mol. The Balaban J connectivity index is 1.75. The Kier molecular flexibility index (Phi) is 5.21. The molecule has 0 amide bonds. The third-order valence-electron chi connectivity index (χ3n) is 3.76. The number of methoxy groups -OCH3 is 1. The molecule has 25 heavy (non-hydrogen) atoms. The molecule has 1 N–H and O–H groups in total. The van der Waals surface area contributed by atoms with E-state index in [1.807, 2.05) is 42.5 Å². The Labute approximate surface area is 147 Å². The van der Waals surface area contributed by atoms with Crippen LogP contribution >= 0.6 is 0 Å². The Hall–Kier alpha value is -2.57. The summed E-state index contributed by atoms with van der Waals surface area (Å²) in [6, 6.07) is 19.8.